The maximum Gasteiger partial charge on any atom is 0.254 e. The quantitative estimate of drug-likeness (QED) is 0.321. The van der Waals surface area contributed by atoms with Gasteiger partial charge in [-0.2, -0.15) is 10.1 Å². The summed E-state index contributed by atoms with van der Waals surface area (Å²) in [4.78, 5) is 25.5. The number of hydrogen-bond acceptors (Lipinski definition) is 3. The summed E-state index contributed by atoms with van der Waals surface area (Å²) in [7, 11) is 0. The van der Waals surface area contributed by atoms with Gasteiger partial charge >= 0.3 is 0 Å². The summed E-state index contributed by atoms with van der Waals surface area (Å²) in [6.07, 6.45) is 8.29. The van der Waals surface area contributed by atoms with E-state index in [1.54, 1.807) is 6.21 Å². The molecule has 4 aliphatic rings. The van der Waals surface area contributed by atoms with Crippen LogP contribution in [0, 0.1) is 32.7 Å². The number of allylic oxidation sites excluding steroid dienone is 2. The largest absolute Gasteiger partial charge is 0.272 e. The third-order valence-corrected chi connectivity index (χ3v) is 6.67. The molecule has 1 aliphatic heterocycles. The van der Waals surface area contributed by atoms with Crippen molar-refractivity contribution in [2.45, 2.75) is 12.8 Å². The lowest BCUT2D eigenvalue weighted by Gasteiger charge is -2.18. The average molecular weight is 418 g/mol. The second kappa shape index (κ2) is 4.53. The Bertz CT molecular complexity index is 762. The van der Waals surface area contributed by atoms with Crippen LogP contribution in [0.5, 0.6) is 0 Å². The molecule has 1 spiro atoms. The van der Waals surface area contributed by atoms with Crippen molar-refractivity contribution in [3.63, 3.8) is 0 Å². The van der Waals surface area contributed by atoms with Gasteiger partial charge in [0, 0.05) is 3.57 Å². The summed E-state index contributed by atoms with van der Waals surface area (Å²) in [5, 5.41) is 5.34. The SMILES string of the molecule is O=C1[C@@H]2[C@@H](C(=O)N1/N=C\c1cccc(I)c1)[C@@H]1C=C[C@H]2C12CC2. The van der Waals surface area contributed by atoms with Gasteiger partial charge < -0.3 is 0 Å². The smallest absolute Gasteiger partial charge is 0.254 e. The Hall–Kier alpha value is -1.50. The van der Waals surface area contributed by atoms with Gasteiger partial charge in [-0.3, -0.25) is 9.59 Å². The van der Waals surface area contributed by atoms with Gasteiger partial charge in [-0.25, -0.2) is 0 Å². The van der Waals surface area contributed by atoms with E-state index < -0.39 is 0 Å². The van der Waals surface area contributed by atoms with Crippen molar-refractivity contribution in [1.29, 1.82) is 0 Å². The van der Waals surface area contributed by atoms with Gasteiger partial charge in [-0.15, -0.1) is 0 Å². The highest BCUT2D eigenvalue weighted by Gasteiger charge is 2.73. The van der Waals surface area contributed by atoms with Crippen LogP contribution in [-0.2, 0) is 9.59 Å². The molecule has 5 rings (SSSR count). The first kappa shape index (κ1) is 13.9. The van der Waals surface area contributed by atoms with Gasteiger partial charge in [0.05, 0.1) is 18.1 Å². The maximum atomic E-state index is 12.7. The molecule has 3 fully saturated rings. The van der Waals surface area contributed by atoms with Crippen molar-refractivity contribution in [2.75, 3.05) is 0 Å². The molecule has 116 valence electrons. The van der Waals surface area contributed by atoms with Gasteiger partial charge in [0.2, 0.25) is 0 Å². The lowest BCUT2D eigenvalue weighted by Crippen LogP contribution is -2.30. The molecule has 4 nitrogen and oxygen atoms in total. The van der Waals surface area contributed by atoms with Crippen molar-refractivity contribution < 1.29 is 9.59 Å². The van der Waals surface area contributed by atoms with E-state index in [0.29, 0.717) is 0 Å². The Morgan fingerprint density at radius 1 is 1.13 bits per heavy atom. The number of amides is 2. The summed E-state index contributed by atoms with van der Waals surface area (Å²) in [6, 6.07) is 7.82. The summed E-state index contributed by atoms with van der Waals surface area (Å²) < 4.78 is 1.10. The molecule has 1 heterocycles. The van der Waals surface area contributed by atoms with Gasteiger partial charge in [-0.1, -0.05) is 24.3 Å². The van der Waals surface area contributed by atoms with Crippen LogP contribution in [0.3, 0.4) is 0 Å². The molecule has 2 saturated carbocycles. The predicted molar refractivity (Wildman–Crippen MR) is 93.4 cm³/mol. The Balaban J connectivity index is 1.44. The Morgan fingerprint density at radius 2 is 1.78 bits per heavy atom. The standard InChI is InChI=1S/C18H15IN2O2/c19-11-3-1-2-10(8-11)9-20-21-16(22)14-12-4-5-13(15(14)17(21)23)18(12)6-7-18/h1-5,8-9,12-15H,6-7H2/b20-9-/t12-,13+,14-,15-/m0/s1. The molecule has 3 aliphatic carbocycles. The van der Waals surface area contributed by atoms with Crippen molar-refractivity contribution in [1.82, 2.24) is 5.01 Å². The van der Waals surface area contributed by atoms with E-state index >= 15 is 0 Å². The van der Waals surface area contributed by atoms with E-state index in [9.17, 15) is 9.59 Å². The normalized spacial score (nSPS) is 35.8. The summed E-state index contributed by atoms with van der Waals surface area (Å²) in [6.45, 7) is 0. The molecule has 2 amide bonds. The molecular weight excluding hydrogens is 403 g/mol. The number of hydrazone groups is 1. The Morgan fingerprint density at radius 3 is 2.35 bits per heavy atom. The van der Waals surface area contributed by atoms with Crippen LogP contribution in [0.15, 0.2) is 41.5 Å². The number of rotatable bonds is 2. The molecule has 4 atom stereocenters. The fourth-order valence-corrected chi connectivity index (χ4v) is 5.46. The molecular formula is C18H15IN2O2. The maximum absolute atomic E-state index is 12.7. The number of fused-ring (bicyclic) bond motifs is 3. The van der Waals surface area contributed by atoms with Gasteiger partial charge in [0.15, 0.2) is 0 Å². The van der Waals surface area contributed by atoms with Crippen LogP contribution in [-0.4, -0.2) is 23.0 Å². The molecule has 0 unspecified atom stereocenters. The molecule has 0 radical (unpaired) electrons. The van der Waals surface area contributed by atoms with Crippen molar-refractivity contribution >= 4 is 40.6 Å². The predicted octanol–water partition coefficient (Wildman–Crippen LogP) is 2.82. The lowest BCUT2D eigenvalue weighted by atomic mass is 9.85. The molecule has 2 bridgehead atoms. The monoisotopic (exact) mass is 418 g/mol. The topological polar surface area (TPSA) is 49.7 Å². The van der Waals surface area contributed by atoms with E-state index in [2.05, 4.69) is 39.8 Å². The third kappa shape index (κ3) is 1.74. The minimum Gasteiger partial charge on any atom is -0.272 e. The first-order valence-corrected chi connectivity index (χ1v) is 9.05. The zero-order valence-electron chi connectivity index (χ0n) is 12.4. The number of hydrogen-bond donors (Lipinski definition) is 0. The van der Waals surface area contributed by atoms with Gasteiger partial charge in [-0.05, 0) is 70.4 Å². The first-order valence-electron chi connectivity index (χ1n) is 7.97. The number of carbonyl (C=O) groups excluding carboxylic acids is 2. The molecule has 1 aromatic carbocycles. The molecule has 1 saturated heterocycles. The van der Waals surface area contributed by atoms with Gasteiger partial charge in [0.1, 0.15) is 0 Å². The van der Waals surface area contributed by atoms with Crippen LogP contribution in [0.1, 0.15) is 18.4 Å². The van der Waals surface area contributed by atoms with E-state index in [-0.39, 0.29) is 40.9 Å². The summed E-state index contributed by atoms with van der Waals surface area (Å²) >= 11 is 2.23. The highest BCUT2D eigenvalue weighted by atomic mass is 127. The van der Waals surface area contributed by atoms with Crippen LogP contribution in [0.25, 0.3) is 0 Å². The van der Waals surface area contributed by atoms with Crippen molar-refractivity contribution in [2.24, 2.45) is 34.2 Å². The minimum atomic E-state index is -0.173. The van der Waals surface area contributed by atoms with Crippen LogP contribution in [0.4, 0.5) is 0 Å². The molecule has 5 heteroatoms. The van der Waals surface area contributed by atoms with E-state index in [4.69, 9.17) is 0 Å². The highest BCUT2D eigenvalue weighted by molar-refractivity contribution is 14.1. The fourth-order valence-electron chi connectivity index (χ4n) is 4.89. The molecule has 0 aromatic heterocycles. The number of nitrogens with zero attached hydrogens (tertiary/aromatic N) is 2. The number of imide groups is 1. The number of halogens is 1. The third-order valence-electron chi connectivity index (χ3n) is 6.00. The Kier molecular flexibility index (Phi) is 2.73. The van der Waals surface area contributed by atoms with E-state index in [1.165, 1.54) is 0 Å². The van der Waals surface area contributed by atoms with Crippen LogP contribution in [0.2, 0.25) is 0 Å². The Labute approximate surface area is 147 Å². The van der Waals surface area contributed by atoms with Crippen molar-refractivity contribution in [3.8, 4) is 0 Å². The fraction of sp³-hybridized carbons (Fsp3) is 0.389. The second-order valence-electron chi connectivity index (χ2n) is 7.01. The molecule has 0 N–H and O–H groups in total. The average Bonchev–Trinajstić information content (AvgIpc) is 3.13. The summed E-state index contributed by atoms with van der Waals surface area (Å²) in [5.74, 6) is -0.0465. The summed E-state index contributed by atoms with van der Waals surface area (Å²) in [5.41, 5.74) is 1.14. The second-order valence-corrected chi connectivity index (χ2v) is 8.25. The zero-order valence-corrected chi connectivity index (χ0v) is 14.5. The molecule has 23 heavy (non-hydrogen) atoms. The van der Waals surface area contributed by atoms with Crippen molar-refractivity contribution in [3.05, 3.63) is 45.6 Å². The van der Waals surface area contributed by atoms with E-state index in [1.807, 2.05) is 24.3 Å². The highest BCUT2D eigenvalue weighted by Crippen LogP contribution is 2.73. The minimum absolute atomic E-state index is 0.106. The lowest BCUT2D eigenvalue weighted by molar-refractivity contribution is -0.141. The van der Waals surface area contributed by atoms with E-state index in [0.717, 1.165) is 27.0 Å². The number of carbonyl (C=O) groups is 2. The first-order chi connectivity index (χ1) is 11.1. The van der Waals surface area contributed by atoms with Crippen LogP contribution < -0.4 is 0 Å². The molecule has 1 aromatic rings. The van der Waals surface area contributed by atoms with Gasteiger partial charge in [0.25, 0.3) is 11.8 Å². The number of benzene rings is 1. The zero-order chi connectivity index (χ0) is 15.8. The van der Waals surface area contributed by atoms with Crippen LogP contribution >= 0.6 is 22.6 Å².